The molecule has 3 rings (SSSR count). The highest BCUT2D eigenvalue weighted by molar-refractivity contribution is 7.93. The number of carbonyl (C=O) groups excluding carboxylic acids is 1. The molecule has 6 nitrogen and oxygen atoms in total. The van der Waals surface area contributed by atoms with Gasteiger partial charge in [0.05, 0.1) is 29.8 Å². The van der Waals surface area contributed by atoms with E-state index in [4.69, 9.17) is 21.1 Å². The number of halogens is 1. The highest BCUT2D eigenvalue weighted by atomic mass is 35.5. The van der Waals surface area contributed by atoms with Gasteiger partial charge in [0.25, 0.3) is 0 Å². The van der Waals surface area contributed by atoms with Gasteiger partial charge in [0.15, 0.2) is 26.1 Å². The first kappa shape index (κ1) is 22.4. The number of benzene rings is 2. The minimum absolute atomic E-state index is 0.168. The first-order chi connectivity index (χ1) is 14.2. The third-order valence-corrected chi connectivity index (χ3v) is 8.66. The molecule has 0 atom stereocenters. The first-order valence-electron chi connectivity index (χ1n) is 9.71. The van der Waals surface area contributed by atoms with Gasteiger partial charge in [0.1, 0.15) is 0 Å². The summed E-state index contributed by atoms with van der Waals surface area (Å²) in [6.45, 7) is 3.78. The van der Waals surface area contributed by atoms with Crippen LogP contribution in [0.15, 0.2) is 35.2 Å². The Labute approximate surface area is 182 Å². The van der Waals surface area contributed by atoms with Gasteiger partial charge in [-0.1, -0.05) is 30.5 Å². The third-order valence-electron chi connectivity index (χ3n) is 5.85. The minimum atomic E-state index is -3.91. The summed E-state index contributed by atoms with van der Waals surface area (Å²) in [6, 6.07) is 8.04. The number of nitrogens with one attached hydrogen (secondary N) is 1. The van der Waals surface area contributed by atoms with Crippen LogP contribution < -0.4 is 14.8 Å². The van der Waals surface area contributed by atoms with Gasteiger partial charge in [-0.3, -0.25) is 4.79 Å². The molecule has 0 radical (unpaired) electrons. The van der Waals surface area contributed by atoms with Crippen LogP contribution in [0, 0.1) is 13.8 Å². The van der Waals surface area contributed by atoms with E-state index < -0.39 is 20.5 Å². The van der Waals surface area contributed by atoms with Crippen molar-refractivity contribution in [2.24, 2.45) is 0 Å². The zero-order chi connectivity index (χ0) is 22.1. The molecule has 1 aliphatic carbocycles. The molecule has 1 amide bonds. The summed E-state index contributed by atoms with van der Waals surface area (Å²) in [5.74, 6) is 0.223. The molecule has 2 aromatic carbocycles. The van der Waals surface area contributed by atoms with Crippen LogP contribution in [0.4, 0.5) is 5.69 Å². The van der Waals surface area contributed by atoms with E-state index in [9.17, 15) is 13.2 Å². The molecule has 0 bridgehead atoms. The zero-order valence-corrected chi connectivity index (χ0v) is 19.1. The Morgan fingerprint density at radius 1 is 1.00 bits per heavy atom. The van der Waals surface area contributed by atoms with E-state index >= 15 is 0 Å². The highest BCUT2D eigenvalue weighted by Crippen LogP contribution is 2.43. The SMILES string of the molecule is COc1cc(Cl)c(NC(=O)C2(S(=O)(=O)c3ccc(C)c(C)c3)CCCC2)cc1OC. The van der Waals surface area contributed by atoms with Crippen LogP contribution in [0.1, 0.15) is 36.8 Å². The van der Waals surface area contributed by atoms with Crippen LogP contribution in [0.3, 0.4) is 0 Å². The van der Waals surface area contributed by atoms with E-state index in [2.05, 4.69) is 5.32 Å². The second kappa shape index (κ2) is 8.47. The van der Waals surface area contributed by atoms with Crippen molar-refractivity contribution in [2.45, 2.75) is 49.2 Å². The molecule has 0 aliphatic heterocycles. The van der Waals surface area contributed by atoms with Crippen LogP contribution in [-0.2, 0) is 14.6 Å². The van der Waals surface area contributed by atoms with Crippen molar-refractivity contribution in [1.29, 1.82) is 0 Å². The van der Waals surface area contributed by atoms with E-state index in [0.717, 1.165) is 11.1 Å². The molecular weight excluding hydrogens is 426 g/mol. The van der Waals surface area contributed by atoms with Crippen molar-refractivity contribution in [3.63, 3.8) is 0 Å². The number of rotatable bonds is 6. The molecule has 0 spiro atoms. The van der Waals surface area contributed by atoms with Gasteiger partial charge >= 0.3 is 0 Å². The molecule has 1 saturated carbocycles. The topological polar surface area (TPSA) is 81.7 Å². The summed E-state index contributed by atoms with van der Waals surface area (Å²) in [5.41, 5.74) is 2.14. The summed E-state index contributed by atoms with van der Waals surface area (Å²) in [4.78, 5) is 13.6. The minimum Gasteiger partial charge on any atom is -0.493 e. The fraction of sp³-hybridized carbons (Fsp3) is 0.409. The van der Waals surface area contributed by atoms with Crippen molar-refractivity contribution in [1.82, 2.24) is 0 Å². The number of aryl methyl sites for hydroxylation is 2. The largest absolute Gasteiger partial charge is 0.493 e. The Bertz CT molecular complexity index is 1080. The maximum absolute atomic E-state index is 13.6. The number of hydrogen-bond acceptors (Lipinski definition) is 5. The number of ether oxygens (including phenoxy) is 2. The average molecular weight is 452 g/mol. The van der Waals surface area contributed by atoms with Gasteiger partial charge < -0.3 is 14.8 Å². The lowest BCUT2D eigenvalue weighted by Crippen LogP contribution is -2.47. The molecular formula is C22H26ClNO5S. The molecule has 162 valence electrons. The molecule has 1 aliphatic rings. The number of amides is 1. The fourth-order valence-corrected chi connectivity index (χ4v) is 6.21. The number of carbonyl (C=O) groups is 1. The maximum atomic E-state index is 13.6. The van der Waals surface area contributed by atoms with E-state index in [1.165, 1.54) is 26.4 Å². The van der Waals surface area contributed by atoms with Crippen molar-refractivity contribution in [3.05, 3.63) is 46.5 Å². The molecule has 30 heavy (non-hydrogen) atoms. The smallest absolute Gasteiger partial charge is 0.246 e. The Morgan fingerprint density at radius 2 is 1.60 bits per heavy atom. The highest BCUT2D eigenvalue weighted by Gasteiger charge is 2.53. The normalized spacial score (nSPS) is 15.6. The van der Waals surface area contributed by atoms with Crippen molar-refractivity contribution in [2.75, 3.05) is 19.5 Å². The lowest BCUT2D eigenvalue weighted by molar-refractivity contribution is -0.118. The van der Waals surface area contributed by atoms with Crippen LogP contribution >= 0.6 is 11.6 Å². The van der Waals surface area contributed by atoms with E-state index in [-0.39, 0.29) is 28.4 Å². The van der Waals surface area contributed by atoms with E-state index in [1.54, 1.807) is 18.2 Å². The van der Waals surface area contributed by atoms with Gasteiger partial charge in [0.2, 0.25) is 5.91 Å². The summed E-state index contributed by atoms with van der Waals surface area (Å²) < 4.78 is 36.2. The number of methoxy groups -OCH3 is 2. The predicted octanol–water partition coefficient (Wildman–Crippen LogP) is 4.70. The Balaban J connectivity index is 2.02. The number of sulfone groups is 1. The van der Waals surface area contributed by atoms with Crippen LogP contribution in [-0.4, -0.2) is 33.3 Å². The molecule has 0 unspecified atom stereocenters. The lowest BCUT2D eigenvalue weighted by Gasteiger charge is -2.28. The van der Waals surface area contributed by atoms with Crippen molar-refractivity contribution in [3.8, 4) is 11.5 Å². The Kier molecular flexibility index (Phi) is 6.34. The molecule has 0 heterocycles. The second-order valence-electron chi connectivity index (χ2n) is 7.59. The fourth-order valence-electron chi connectivity index (χ4n) is 3.86. The standard InChI is InChI=1S/C22H26ClNO5S/c1-14-7-8-16(11-15(14)2)30(26,27)22(9-5-6-10-22)21(25)24-18-13-20(29-4)19(28-3)12-17(18)23/h7-8,11-13H,5-6,9-10H2,1-4H3,(H,24,25). The van der Waals surface area contributed by atoms with Crippen LogP contribution in [0.25, 0.3) is 0 Å². The second-order valence-corrected chi connectivity index (χ2v) is 10.3. The first-order valence-corrected chi connectivity index (χ1v) is 11.6. The lowest BCUT2D eigenvalue weighted by atomic mass is 10.1. The predicted molar refractivity (Wildman–Crippen MR) is 117 cm³/mol. The molecule has 0 aromatic heterocycles. The van der Waals surface area contributed by atoms with Gasteiger partial charge in [-0.2, -0.15) is 0 Å². The van der Waals surface area contributed by atoms with Crippen molar-refractivity contribution >= 4 is 33.0 Å². The van der Waals surface area contributed by atoms with Gasteiger partial charge in [-0.25, -0.2) is 8.42 Å². The Hall–Kier alpha value is -2.25. The number of anilines is 1. The van der Waals surface area contributed by atoms with Crippen LogP contribution in [0.2, 0.25) is 5.02 Å². The molecule has 8 heteroatoms. The molecule has 2 aromatic rings. The maximum Gasteiger partial charge on any atom is 0.246 e. The van der Waals surface area contributed by atoms with E-state index in [0.29, 0.717) is 24.3 Å². The zero-order valence-electron chi connectivity index (χ0n) is 17.5. The summed E-state index contributed by atoms with van der Waals surface area (Å²) >= 11 is 6.30. The quantitative estimate of drug-likeness (QED) is 0.688. The summed E-state index contributed by atoms with van der Waals surface area (Å²) in [5, 5.41) is 2.97. The monoisotopic (exact) mass is 451 g/mol. The molecule has 1 fully saturated rings. The average Bonchev–Trinajstić information content (AvgIpc) is 3.23. The molecule has 1 N–H and O–H groups in total. The van der Waals surface area contributed by atoms with Gasteiger partial charge in [-0.15, -0.1) is 0 Å². The van der Waals surface area contributed by atoms with Gasteiger partial charge in [0, 0.05) is 12.1 Å². The summed E-state index contributed by atoms with van der Waals surface area (Å²) in [7, 11) is -0.957. The number of hydrogen-bond donors (Lipinski definition) is 1. The van der Waals surface area contributed by atoms with Crippen LogP contribution in [0.5, 0.6) is 11.5 Å². The third kappa shape index (κ3) is 3.76. The summed E-state index contributed by atoms with van der Waals surface area (Å²) in [6.07, 6.45) is 1.85. The van der Waals surface area contributed by atoms with Gasteiger partial charge in [-0.05, 0) is 49.9 Å². The van der Waals surface area contributed by atoms with E-state index in [1.807, 2.05) is 13.8 Å². The Morgan fingerprint density at radius 3 is 2.17 bits per heavy atom. The van der Waals surface area contributed by atoms with Crippen molar-refractivity contribution < 1.29 is 22.7 Å². The molecule has 0 saturated heterocycles.